The molecule has 0 spiro atoms. The molecule has 0 saturated carbocycles. The minimum atomic E-state index is -0.583. The Morgan fingerprint density at radius 2 is 1.77 bits per heavy atom. The molecule has 6 nitrogen and oxygen atoms in total. The lowest BCUT2D eigenvalue weighted by molar-refractivity contribution is -0.165. The molecule has 1 aromatic rings. The van der Waals surface area contributed by atoms with Gasteiger partial charge in [-0.1, -0.05) is 31.5 Å². The molecule has 2 fully saturated rings. The second-order valence-electron chi connectivity index (χ2n) is 8.19. The zero-order valence-electron chi connectivity index (χ0n) is 15.5. The van der Waals surface area contributed by atoms with Gasteiger partial charge in [0.25, 0.3) is 5.91 Å². The second-order valence-corrected chi connectivity index (χ2v) is 8.60. The van der Waals surface area contributed by atoms with Gasteiger partial charge in [-0.2, -0.15) is 0 Å². The van der Waals surface area contributed by atoms with E-state index < -0.39 is 10.8 Å². The van der Waals surface area contributed by atoms with Crippen molar-refractivity contribution in [2.24, 2.45) is 10.8 Å². The van der Waals surface area contributed by atoms with Crippen LogP contribution < -0.4 is 4.90 Å². The summed E-state index contributed by atoms with van der Waals surface area (Å²) in [7, 11) is 0. The maximum absolute atomic E-state index is 12.6. The van der Waals surface area contributed by atoms with Crippen LogP contribution in [0.15, 0.2) is 18.2 Å². The molecule has 0 radical (unpaired) electrons. The molecule has 7 heteroatoms. The molecular formula is C19H23ClN2O4. The maximum Gasteiger partial charge on any atom is 0.254 e. The van der Waals surface area contributed by atoms with Gasteiger partial charge in [0.15, 0.2) is 0 Å². The van der Waals surface area contributed by atoms with E-state index in [0.29, 0.717) is 35.7 Å². The molecule has 0 aliphatic carbocycles. The van der Waals surface area contributed by atoms with Crippen LogP contribution in [-0.4, -0.2) is 29.4 Å². The fourth-order valence-electron chi connectivity index (χ4n) is 3.09. The number of carbonyl (C=O) groups is 3. The highest BCUT2D eigenvalue weighted by Crippen LogP contribution is 2.36. The molecule has 0 bridgehead atoms. The summed E-state index contributed by atoms with van der Waals surface area (Å²) in [5.41, 5.74) is 0.0126. The highest BCUT2D eigenvalue weighted by atomic mass is 35.5. The lowest BCUT2D eigenvalue weighted by atomic mass is 9.82. The van der Waals surface area contributed by atoms with Gasteiger partial charge in [0, 0.05) is 16.9 Å². The van der Waals surface area contributed by atoms with Crippen LogP contribution in [0.2, 0.25) is 5.02 Å². The number of carbonyl (C=O) groups excluding carboxylic acids is 3. The number of amides is 3. The van der Waals surface area contributed by atoms with Crippen molar-refractivity contribution in [3.8, 4) is 0 Å². The van der Waals surface area contributed by atoms with E-state index in [1.54, 1.807) is 18.2 Å². The molecule has 0 N–H and O–H groups in total. The van der Waals surface area contributed by atoms with Crippen molar-refractivity contribution >= 4 is 35.0 Å². The summed E-state index contributed by atoms with van der Waals surface area (Å²) in [4.78, 5) is 43.8. The predicted molar refractivity (Wildman–Crippen MR) is 97.2 cm³/mol. The van der Waals surface area contributed by atoms with Crippen molar-refractivity contribution in [1.82, 2.24) is 5.06 Å². The Labute approximate surface area is 158 Å². The average molecular weight is 379 g/mol. The second kappa shape index (κ2) is 6.35. The maximum atomic E-state index is 12.6. The molecule has 2 aliphatic heterocycles. The first-order valence-corrected chi connectivity index (χ1v) is 9.01. The number of piperidine rings is 1. The third-order valence-corrected chi connectivity index (χ3v) is 5.34. The molecule has 2 saturated heterocycles. The molecular weight excluding hydrogens is 356 g/mol. The van der Waals surface area contributed by atoms with Crippen LogP contribution in [0.3, 0.4) is 0 Å². The van der Waals surface area contributed by atoms with Crippen molar-refractivity contribution < 1.29 is 19.2 Å². The molecule has 140 valence electrons. The zero-order valence-corrected chi connectivity index (χ0v) is 16.2. The normalized spacial score (nSPS) is 22.3. The van der Waals surface area contributed by atoms with Gasteiger partial charge in [-0.3, -0.25) is 24.1 Å². The number of hydrogen-bond donors (Lipinski definition) is 0. The summed E-state index contributed by atoms with van der Waals surface area (Å²) in [5.74, 6) is -0.545. The standard InChI is InChI=1S/C19H23ClN2O4/c1-18(2)8-7-15(23)22(17(18)25)13-6-5-12(14(20)9-13)10-21-16(24)19(3,4)11-26-21/h5-6,9H,7-8,10-11H2,1-4H3. The Hall–Kier alpha value is -1.92. The number of anilines is 1. The number of imide groups is 1. The largest absolute Gasteiger partial charge is 0.274 e. The van der Waals surface area contributed by atoms with Crippen LogP contribution in [0.4, 0.5) is 5.69 Å². The number of halogens is 1. The van der Waals surface area contributed by atoms with Gasteiger partial charge in [0.05, 0.1) is 24.3 Å². The third kappa shape index (κ3) is 3.23. The Kier molecular flexibility index (Phi) is 4.61. The highest BCUT2D eigenvalue weighted by Gasteiger charge is 2.42. The predicted octanol–water partition coefficient (Wildman–Crippen LogP) is 3.32. The molecule has 0 unspecified atom stereocenters. The molecule has 0 atom stereocenters. The molecule has 0 aromatic heterocycles. The monoisotopic (exact) mass is 378 g/mol. The van der Waals surface area contributed by atoms with Gasteiger partial charge < -0.3 is 0 Å². The minimum absolute atomic E-state index is 0.0965. The van der Waals surface area contributed by atoms with E-state index in [1.807, 2.05) is 27.7 Å². The van der Waals surface area contributed by atoms with Crippen molar-refractivity contribution in [3.63, 3.8) is 0 Å². The van der Waals surface area contributed by atoms with Crippen LogP contribution in [0.1, 0.15) is 46.1 Å². The zero-order chi connectivity index (χ0) is 19.3. The topological polar surface area (TPSA) is 66.9 Å². The van der Waals surface area contributed by atoms with E-state index in [-0.39, 0.29) is 24.3 Å². The number of rotatable bonds is 3. The summed E-state index contributed by atoms with van der Waals surface area (Å²) in [6.07, 6.45) is 0.862. The Balaban J connectivity index is 1.83. The lowest BCUT2D eigenvalue weighted by Crippen LogP contribution is -2.49. The first-order chi connectivity index (χ1) is 12.0. The number of hydrogen-bond acceptors (Lipinski definition) is 4. The van der Waals surface area contributed by atoms with Gasteiger partial charge in [0.2, 0.25) is 11.8 Å². The van der Waals surface area contributed by atoms with Crippen LogP contribution in [-0.2, 0) is 25.8 Å². The van der Waals surface area contributed by atoms with Crippen LogP contribution >= 0.6 is 11.6 Å². The summed E-state index contributed by atoms with van der Waals surface area (Å²) < 4.78 is 0. The SMILES string of the molecule is CC1(C)CON(Cc2ccc(N3C(=O)CCC(C)(C)C3=O)cc2Cl)C1=O. The molecule has 26 heavy (non-hydrogen) atoms. The Bertz CT molecular complexity index is 788. The number of nitrogens with zero attached hydrogens (tertiary/aromatic N) is 2. The van der Waals surface area contributed by atoms with Crippen molar-refractivity contribution in [1.29, 1.82) is 0 Å². The molecule has 1 aromatic carbocycles. The van der Waals surface area contributed by atoms with Gasteiger partial charge in [0.1, 0.15) is 0 Å². The van der Waals surface area contributed by atoms with E-state index in [2.05, 4.69) is 0 Å². The van der Waals surface area contributed by atoms with Crippen LogP contribution in [0.5, 0.6) is 0 Å². The van der Waals surface area contributed by atoms with Gasteiger partial charge >= 0.3 is 0 Å². The van der Waals surface area contributed by atoms with E-state index in [9.17, 15) is 14.4 Å². The average Bonchev–Trinajstić information content (AvgIpc) is 2.81. The summed E-state index contributed by atoms with van der Waals surface area (Å²) >= 11 is 6.37. The molecule has 2 heterocycles. The van der Waals surface area contributed by atoms with E-state index in [0.717, 1.165) is 0 Å². The first-order valence-electron chi connectivity index (χ1n) is 8.64. The summed E-state index contributed by atoms with van der Waals surface area (Å²) in [6, 6.07) is 5.01. The Morgan fingerprint density at radius 3 is 2.35 bits per heavy atom. The minimum Gasteiger partial charge on any atom is -0.274 e. The molecule has 3 rings (SSSR count). The summed E-state index contributed by atoms with van der Waals surface area (Å²) in [6.45, 7) is 7.87. The van der Waals surface area contributed by atoms with Crippen LogP contribution in [0.25, 0.3) is 0 Å². The van der Waals surface area contributed by atoms with Crippen molar-refractivity contribution in [2.45, 2.75) is 47.1 Å². The van der Waals surface area contributed by atoms with Crippen LogP contribution in [0, 0.1) is 10.8 Å². The third-order valence-electron chi connectivity index (χ3n) is 4.99. The lowest BCUT2D eigenvalue weighted by Gasteiger charge is -2.35. The van der Waals surface area contributed by atoms with E-state index in [1.165, 1.54) is 9.96 Å². The van der Waals surface area contributed by atoms with Gasteiger partial charge in [-0.05, 0) is 38.0 Å². The van der Waals surface area contributed by atoms with Gasteiger partial charge in [-0.15, -0.1) is 0 Å². The number of benzene rings is 1. The smallest absolute Gasteiger partial charge is 0.254 e. The number of hydroxylamine groups is 2. The first kappa shape index (κ1) is 18.9. The van der Waals surface area contributed by atoms with E-state index in [4.69, 9.17) is 16.4 Å². The molecule has 2 aliphatic rings. The molecule has 3 amide bonds. The fraction of sp³-hybridized carbons (Fsp3) is 0.526. The fourth-order valence-corrected chi connectivity index (χ4v) is 3.32. The van der Waals surface area contributed by atoms with Gasteiger partial charge in [-0.25, -0.2) is 5.06 Å². The van der Waals surface area contributed by atoms with E-state index >= 15 is 0 Å². The quantitative estimate of drug-likeness (QED) is 0.757. The van der Waals surface area contributed by atoms with Crippen molar-refractivity contribution in [2.75, 3.05) is 11.5 Å². The van der Waals surface area contributed by atoms with Crippen molar-refractivity contribution in [3.05, 3.63) is 28.8 Å². The Morgan fingerprint density at radius 1 is 1.08 bits per heavy atom. The summed E-state index contributed by atoms with van der Waals surface area (Å²) in [5, 5.41) is 1.69. The highest BCUT2D eigenvalue weighted by molar-refractivity contribution is 6.32.